The molecule has 0 radical (unpaired) electrons. The van der Waals surface area contributed by atoms with Gasteiger partial charge in [-0.3, -0.25) is 4.79 Å². The van der Waals surface area contributed by atoms with Crippen molar-refractivity contribution < 1.29 is 4.79 Å². The highest BCUT2D eigenvalue weighted by atomic mass is 16.1. The number of carbonyl (C=O) groups is 1. The number of nitrogens with one attached hydrogen (secondary N) is 1. The summed E-state index contributed by atoms with van der Waals surface area (Å²) in [6, 6.07) is 0. The van der Waals surface area contributed by atoms with Crippen LogP contribution in [0.2, 0.25) is 0 Å². The molecule has 1 rings (SSSR count). The van der Waals surface area contributed by atoms with Gasteiger partial charge in [-0.25, -0.2) is 0 Å². The molecule has 2 atom stereocenters. The van der Waals surface area contributed by atoms with Crippen molar-refractivity contribution in [2.24, 2.45) is 11.8 Å². The lowest BCUT2D eigenvalue weighted by Gasteiger charge is -2.28. The van der Waals surface area contributed by atoms with Gasteiger partial charge in [-0.15, -0.1) is 0 Å². The molecule has 2 heteroatoms. The topological polar surface area (TPSA) is 29.1 Å². The Bertz CT molecular complexity index is 197. The Morgan fingerprint density at radius 3 is 2.88 bits per heavy atom. The first-order valence-corrected chi connectivity index (χ1v) is 6.96. The Kier molecular flexibility index (Phi) is 6.70. The zero-order chi connectivity index (χ0) is 11.8. The van der Waals surface area contributed by atoms with E-state index in [1.54, 1.807) is 0 Å². The number of Topliss-reactive ketones (excluding diaryl/α,β-unsaturated/α-hetero) is 1. The number of ketones is 1. The third kappa shape index (κ3) is 5.11. The number of hydrogen-bond donors (Lipinski definition) is 1. The molecule has 0 bridgehead atoms. The second-order valence-electron chi connectivity index (χ2n) is 5.28. The Labute approximate surface area is 100 Å². The Hall–Kier alpha value is -0.370. The van der Waals surface area contributed by atoms with Crippen molar-refractivity contribution in [2.45, 2.75) is 58.8 Å². The fourth-order valence-electron chi connectivity index (χ4n) is 2.56. The van der Waals surface area contributed by atoms with Gasteiger partial charge in [0.15, 0.2) is 0 Å². The third-order valence-corrected chi connectivity index (χ3v) is 3.75. The van der Waals surface area contributed by atoms with Gasteiger partial charge in [0, 0.05) is 12.8 Å². The lowest BCUT2D eigenvalue weighted by atomic mass is 9.84. The van der Waals surface area contributed by atoms with Gasteiger partial charge in [-0.05, 0) is 44.2 Å². The predicted octanol–water partition coefficient (Wildman–Crippen LogP) is 3.16. The van der Waals surface area contributed by atoms with Crippen molar-refractivity contribution in [2.75, 3.05) is 13.1 Å². The lowest BCUT2D eigenvalue weighted by molar-refractivity contribution is -0.120. The van der Waals surface area contributed by atoms with Crippen molar-refractivity contribution in [1.82, 2.24) is 5.32 Å². The summed E-state index contributed by atoms with van der Waals surface area (Å²) in [7, 11) is 0. The number of unbranched alkanes of at least 4 members (excludes halogenated alkanes) is 2. The van der Waals surface area contributed by atoms with Crippen LogP contribution in [0.3, 0.4) is 0 Å². The fraction of sp³-hybridized carbons (Fsp3) is 0.929. The number of hydrogen-bond acceptors (Lipinski definition) is 2. The van der Waals surface area contributed by atoms with E-state index in [1.165, 1.54) is 25.7 Å². The largest absolute Gasteiger partial charge is 0.316 e. The molecule has 0 aliphatic carbocycles. The van der Waals surface area contributed by atoms with E-state index in [1.807, 2.05) is 0 Å². The summed E-state index contributed by atoms with van der Waals surface area (Å²) in [5.74, 6) is 1.78. The monoisotopic (exact) mass is 225 g/mol. The third-order valence-electron chi connectivity index (χ3n) is 3.75. The summed E-state index contributed by atoms with van der Waals surface area (Å²) < 4.78 is 0. The van der Waals surface area contributed by atoms with Crippen molar-refractivity contribution in [3.8, 4) is 0 Å². The molecule has 16 heavy (non-hydrogen) atoms. The standard InChI is InChI=1S/C14H27NO/c1-3-4-5-8-14(16)10-12(2)13-7-6-9-15-11-13/h12-13,15H,3-11H2,1-2H3. The predicted molar refractivity (Wildman–Crippen MR) is 68.5 cm³/mol. The summed E-state index contributed by atoms with van der Waals surface area (Å²) >= 11 is 0. The molecule has 1 fully saturated rings. The first-order chi connectivity index (χ1) is 7.74. The van der Waals surface area contributed by atoms with Crippen molar-refractivity contribution in [1.29, 1.82) is 0 Å². The van der Waals surface area contributed by atoms with Crippen molar-refractivity contribution in [3.63, 3.8) is 0 Å². The van der Waals surface area contributed by atoms with E-state index in [-0.39, 0.29) is 0 Å². The van der Waals surface area contributed by atoms with Gasteiger partial charge >= 0.3 is 0 Å². The van der Waals surface area contributed by atoms with Crippen LogP contribution < -0.4 is 5.32 Å². The highest BCUT2D eigenvalue weighted by Gasteiger charge is 2.21. The van der Waals surface area contributed by atoms with Gasteiger partial charge < -0.3 is 5.32 Å². The molecule has 0 aromatic heterocycles. The minimum Gasteiger partial charge on any atom is -0.316 e. The van der Waals surface area contributed by atoms with Gasteiger partial charge in [-0.2, -0.15) is 0 Å². The molecular weight excluding hydrogens is 198 g/mol. The zero-order valence-corrected chi connectivity index (χ0v) is 10.9. The lowest BCUT2D eigenvalue weighted by Crippen LogP contribution is -2.33. The van der Waals surface area contributed by atoms with Gasteiger partial charge in [0.05, 0.1) is 0 Å². The maximum atomic E-state index is 11.8. The average molecular weight is 225 g/mol. The summed E-state index contributed by atoms with van der Waals surface area (Å²) in [6.45, 7) is 6.70. The average Bonchev–Trinajstić information content (AvgIpc) is 2.30. The van der Waals surface area contributed by atoms with Crippen molar-refractivity contribution in [3.05, 3.63) is 0 Å². The quantitative estimate of drug-likeness (QED) is 0.674. The second-order valence-corrected chi connectivity index (χ2v) is 5.28. The van der Waals surface area contributed by atoms with Crippen molar-refractivity contribution >= 4 is 5.78 Å². The minimum absolute atomic E-state index is 0.478. The van der Waals surface area contributed by atoms with Gasteiger partial charge in [0.25, 0.3) is 0 Å². The molecule has 0 saturated carbocycles. The molecular formula is C14H27NO. The van der Waals surface area contributed by atoms with Gasteiger partial charge in [0.2, 0.25) is 0 Å². The highest BCUT2D eigenvalue weighted by Crippen LogP contribution is 2.23. The summed E-state index contributed by atoms with van der Waals surface area (Å²) in [4.78, 5) is 11.8. The molecule has 1 N–H and O–H groups in total. The maximum Gasteiger partial charge on any atom is 0.133 e. The van der Waals surface area contributed by atoms with Crippen LogP contribution in [-0.4, -0.2) is 18.9 Å². The molecule has 0 amide bonds. The van der Waals surface area contributed by atoms with Crippen LogP contribution in [0.25, 0.3) is 0 Å². The van der Waals surface area contributed by atoms with Crippen LogP contribution in [-0.2, 0) is 4.79 Å². The molecule has 0 aromatic carbocycles. The molecule has 0 aromatic rings. The van der Waals surface area contributed by atoms with E-state index in [0.717, 1.165) is 38.3 Å². The summed E-state index contributed by atoms with van der Waals surface area (Å²) in [6.07, 6.45) is 7.68. The second kappa shape index (κ2) is 7.83. The number of rotatable bonds is 7. The van der Waals surface area contributed by atoms with Gasteiger partial charge in [0.1, 0.15) is 5.78 Å². The molecule has 1 heterocycles. The zero-order valence-electron chi connectivity index (χ0n) is 10.9. The van der Waals surface area contributed by atoms with E-state index in [4.69, 9.17) is 0 Å². The van der Waals surface area contributed by atoms with Crippen LogP contribution in [0.5, 0.6) is 0 Å². The van der Waals surface area contributed by atoms with E-state index in [2.05, 4.69) is 19.2 Å². The van der Waals surface area contributed by atoms with Crippen LogP contribution in [0.1, 0.15) is 58.8 Å². The van der Waals surface area contributed by atoms with Crippen LogP contribution in [0.4, 0.5) is 0 Å². The molecule has 1 saturated heterocycles. The van der Waals surface area contributed by atoms with E-state index in [9.17, 15) is 4.79 Å². The van der Waals surface area contributed by atoms with E-state index >= 15 is 0 Å². The molecule has 0 spiro atoms. The van der Waals surface area contributed by atoms with Crippen LogP contribution in [0.15, 0.2) is 0 Å². The Morgan fingerprint density at radius 1 is 1.44 bits per heavy atom. The SMILES string of the molecule is CCCCCC(=O)CC(C)C1CCCNC1. The Morgan fingerprint density at radius 2 is 2.25 bits per heavy atom. The molecule has 2 unspecified atom stereocenters. The maximum absolute atomic E-state index is 11.8. The van der Waals surface area contributed by atoms with Crippen LogP contribution >= 0.6 is 0 Å². The van der Waals surface area contributed by atoms with E-state index in [0.29, 0.717) is 11.7 Å². The van der Waals surface area contributed by atoms with Crippen LogP contribution in [0, 0.1) is 11.8 Å². The highest BCUT2D eigenvalue weighted by molar-refractivity contribution is 5.78. The molecule has 1 aliphatic heterocycles. The normalized spacial score (nSPS) is 23.0. The minimum atomic E-state index is 0.478. The van der Waals surface area contributed by atoms with E-state index < -0.39 is 0 Å². The summed E-state index contributed by atoms with van der Waals surface area (Å²) in [5.41, 5.74) is 0. The molecule has 2 nitrogen and oxygen atoms in total. The summed E-state index contributed by atoms with van der Waals surface area (Å²) in [5, 5.41) is 3.43. The number of carbonyl (C=O) groups excluding carboxylic acids is 1. The molecule has 94 valence electrons. The molecule has 1 aliphatic rings. The van der Waals surface area contributed by atoms with Gasteiger partial charge in [-0.1, -0.05) is 26.7 Å². The Balaban J connectivity index is 2.16. The number of piperidine rings is 1. The fourth-order valence-corrected chi connectivity index (χ4v) is 2.56. The smallest absolute Gasteiger partial charge is 0.133 e. The first-order valence-electron chi connectivity index (χ1n) is 6.96. The first kappa shape index (κ1) is 13.7.